The Bertz CT molecular complexity index is 1060. The molecule has 8 heteroatoms. The lowest BCUT2D eigenvalue weighted by Crippen LogP contribution is -2.05. The number of rotatable bonds is 5. The molecule has 0 aliphatic rings. The number of aromatic nitrogens is 2. The van der Waals surface area contributed by atoms with Gasteiger partial charge in [-0.2, -0.15) is 5.26 Å². The number of pyridine rings is 2. The summed E-state index contributed by atoms with van der Waals surface area (Å²) >= 11 is 6.21. The summed E-state index contributed by atoms with van der Waals surface area (Å²) in [6.07, 6.45) is 3.01. The Kier molecular flexibility index (Phi) is 5.72. The fourth-order valence-electron chi connectivity index (χ4n) is 2.47. The van der Waals surface area contributed by atoms with Crippen LogP contribution >= 0.6 is 11.6 Å². The molecule has 2 heterocycles. The third-order valence-corrected chi connectivity index (χ3v) is 4.22. The topological polar surface area (TPSA) is 111 Å². The van der Waals surface area contributed by atoms with E-state index in [0.29, 0.717) is 33.3 Å². The van der Waals surface area contributed by atoms with Crippen LogP contribution in [0, 0.1) is 11.3 Å². The van der Waals surface area contributed by atoms with E-state index >= 15 is 0 Å². The molecule has 2 aromatic heterocycles. The van der Waals surface area contributed by atoms with Crippen molar-refractivity contribution in [2.24, 2.45) is 0 Å². The lowest BCUT2D eigenvalue weighted by molar-refractivity contribution is 0.0600. The first kappa shape index (κ1) is 19.1. The van der Waals surface area contributed by atoms with Crippen LogP contribution in [0.2, 0.25) is 5.02 Å². The average Bonchev–Trinajstić information content (AvgIpc) is 2.73. The number of carbonyl (C=O) groups excluding carboxylic acids is 1. The van der Waals surface area contributed by atoms with Gasteiger partial charge in [0.2, 0.25) is 0 Å². The first-order valence-electron chi connectivity index (χ1n) is 8.14. The van der Waals surface area contributed by atoms with Gasteiger partial charge in [0, 0.05) is 18.0 Å². The molecule has 0 unspecified atom stereocenters. The monoisotopic (exact) mass is 394 g/mol. The van der Waals surface area contributed by atoms with Crippen molar-refractivity contribution in [3.05, 3.63) is 70.6 Å². The highest BCUT2D eigenvalue weighted by atomic mass is 35.5. The highest BCUT2D eigenvalue weighted by molar-refractivity contribution is 6.33. The molecule has 0 aliphatic carbocycles. The quantitative estimate of drug-likeness (QED) is 0.519. The fraction of sp³-hybridized carbons (Fsp3) is 0.100. The molecule has 0 amide bonds. The number of nitrogens with two attached hydrogens (primary N) is 1. The predicted octanol–water partition coefficient (Wildman–Crippen LogP) is 3.62. The van der Waals surface area contributed by atoms with E-state index in [1.807, 2.05) is 6.07 Å². The number of nitrogen functional groups attached to an aromatic ring is 1. The van der Waals surface area contributed by atoms with Gasteiger partial charge in [-0.1, -0.05) is 11.6 Å². The van der Waals surface area contributed by atoms with Gasteiger partial charge < -0.3 is 15.2 Å². The molecule has 2 N–H and O–H groups in total. The van der Waals surface area contributed by atoms with Gasteiger partial charge in [0.05, 0.1) is 40.3 Å². The summed E-state index contributed by atoms with van der Waals surface area (Å²) in [4.78, 5) is 19.9. The van der Waals surface area contributed by atoms with Crippen molar-refractivity contribution in [1.29, 1.82) is 5.26 Å². The summed E-state index contributed by atoms with van der Waals surface area (Å²) in [7, 11) is 1.30. The van der Waals surface area contributed by atoms with Crippen LogP contribution in [0.3, 0.4) is 0 Å². The zero-order valence-electron chi connectivity index (χ0n) is 14.8. The zero-order valence-corrected chi connectivity index (χ0v) is 15.6. The molecular weight excluding hydrogens is 380 g/mol. The number of esters is 1. The minimum atomic E-state index is -0.470. The van der Waals surface area contributed by atoms with Crippen LogP contribution in [0.25, 0.3) is 11.3 Å². The first-order chi connectivity index (χ1) is 13.5. The van der Waals surface area contributed by atoms with Crippen molar-refractivity contribution >= 4 is 23.3 Å². The largest absolute Gasteiger partial charge is 0.485 e. The van der Waals surface area contributed by atoms with Gasteiger partial charge in [0.15, 0.2) is 0 Å². The summed E-state index contributed by atoms with van der Waals surface area (Å²) in [6.45, 7) is 0.0932. The molecule has 3 aromatic rings. The fourth-order valence-corrected chi connectivity index (χ4v) is 2.70. The highest BCUT2D eigenvalue weighted by Gasteiger charge is 2.14. The van der Waals surface area contributed by atoms with Gasteiger partial charge in [0.25, 0.3) is 0 Å². The molecule has 0 fully saturated rings. The number of nitriles is 1. The van der Waals surface area contributed by atoms with Crippen LogP contribution in [0.4, 0.5) is 5.69 Å². The molecule has 0 spiro atoms. The number of halogens is 1. The molecule has 0 saturated carbocycles. The van der Waals surface area contributed by atoms with E-state index in [1.54, 1.807) is 42.6 Å². The maximum Gasteiger partial charge on any atom is 0.339 e. The molecular formula is C20H15ClN4O3. The van der Waals surface area contributed by atoms with Crippen LogP contribution in [-0.2, 0) is 11.3 Å². The van der Waals surface area contributed by atoms with Gasteiger partial charge in [-0.3, -0.25) is 9.97 Å². The maximum absolute atomic E-state index is 11.5. The van der Waals surface area contributed by atoms with Crippen molar-refractivity contribution in [1.82, 2.24) is 9.97 Å². The maximum atomic E-state index is 11.5. The van der Waals surface area contributed by atoms with Gasteiger partial charge in [0.1, 0.15) is 18.4 Å². The molecule has 0 radical (unpaired) electrons. The second-order valence-corrected chi connectivity index (χ2v) is 6.11. The molecule has 3 rings (SSSR count). The smallest absolute Gasteiger partial charge is 0.339 e. The Morgan fingerprint density at radius 3 is 2.75 bits per heavy atom. The number of ether oxygens (including phenoxy) is 2. The Morgan fingerprint density at radius 1 is 1.29 bits per heavy atom. The van der Waals surface area contributed by atoms with E-state index in [9.17, 15) is 10.1 Å². The number of nitrogens with zero attached hydrogens (tertiary/aromatic N) is 3. The first-order valence-corrected chi connectivity index (χ1v) is 8.52. The van der Waals surface area contributed by atoms with E-state index in [1.165, 1.54) is 13.3 Å². The number of carbonyl (C=O) groups is 1. The standard InChI is InChI=1S/C20H15ClN4O3/c1-27-20(26)12-4-5-15(25-10-12)11-28-17-8-13(7-14(9-22)18(17)23)19-16(21)3-2-6-24-19/h2-8,10H,11,23H2,1H3. The molecule has 0 bridgehead atoms. The number of anilines is 1. The predicted molar refractivity (Wildman–Crippen MR) is 104 cm³/mol. The number of hydrogen-bond acceptors (Lipinski definition) is 7. The van der Waals surface area contributed by atoms with Crippen LogP contribution in [0.5, 0.6) is 5.75 Å². The third-order valence-electron chi connectivity index (χ3n) is 3.92. The third kappa shape index (κ3) is 4.03. The highest BCUT2D eigenvalue weighted by Crippen LogP contribution is 2.34. The second kappa shape index (κ2) is 8.37. The zero-order chi connectivity index (χ0) is 20.1. The SMILES string of the molecule is COC(=O)c1ccc(COc2cc(-c3ncccc3Cl)cc(C#N)c2N)nc1. The van der Waals surface area contributed by atoms with Crippen LogP contribution < -0.4 is 10.5 Å². The normalized spacial score (nSPS) is 10.2. The van der Waals surface area contributed by atoms with E-state index < -0.39 is 5.97 Å². The Labute approximate surface area is 166 Å². The van der Waals surface area contributed by atoms with E-state index in [0.717, 1.165) is 0 Å². The number of hydrogen-bond donors (Lipinski definition) is 1. The Hall–Kier alpha value is -3.63. The van der Waals surface area contributed by atoms with Crippen LogP contribution in [0.1, 0.15) is 21.6 Å². The molecule has 7 nitrogen and oxygen atoms in total. The van der Waals surface area contributed by atoms with Crippen molar-refractivity contribution in [3.63, 3.8) is 0 Å². The van der Waals surface area contributed by atoms with Crippen molar-refractivity contribution < 1.29 is 14.3 Å². The Morgan fingerprint density at radius 2 is 2.11 bits per heavy atom. The Balaban J connectivity index is 1.87. The summed E-state index contributed by atoms with van der Waals surface area (Å²) in [6, 6.07) is 12.0. The van der Waals surface area contributed by atoms with Gasteiger partial charge in [-0.15, -0.1) is 0 Å². The minimum absolute atomic E-state index is 0.0932. The molecule has 0 aliphatic heterocycles. The van der Waals surface area contributed by atoms with Crippen molar-refractivity contribution in [3.8, 4) is 23.1 Å². The summed E-state index contributed by atoms with van der Waals surface area (Å²) in [5.74, 6) is -0.155. The summed E-state index contributed by atoms with van der Waals surface area (Å²) in [5, 5.41) is 9.83. The van der Waals surface area contributed by atoms with E-state index in [2.05, 4.69) is 14.7 Å². The molecule has 28 heavy (non-hydrogen) atoms. The summed E-state index contributed by atoms with van der Waals surface area (Å²) < 4.78 is 10.4. The van der Waals surface area contributed by atoms with Crippen molar-refractivity contribution in [2.75, 3.05) is 12.8 Å². The average molecular weight is 395 g/mol. The van der Waals surface area contributed by atoms with Crippen LogP contribution in [0.15, 0.2) is 48.8 Å². The van der Waals surface area contributed by atoms with Gasteiger partial charge in [-0.05, 0) is 36.4 Å². The van der Waals surface area contributed by atoms with Crippen LogP contribution in [-0.4, -0.2) is 23.0 Å². The van der Waals surface area contributed by atoms with E-state index in [4.69, 9.17) is 22.1 Å². The number of methoxy groups -OCH3 is 1. The molecule has 0 atom stereocenters. The lowest BCUT2D eigenvalue weighted by Gasteiger charge is -2.13. The molecule has 0 saturated heterocycles. The molecule has 1 aromatic carbocycles. The lowest BCUT2D eigenvalue weighted by atomic mass is 10.1. The second-order valence-electron chi connectivity index (χ2n) is 5.70. The minimum Gasteiger partial charge on any atom is -0.485 e. The van der Waals surface area contributed by atoms with Gasteiger partial charge in [-0.25, -0.2) is 4.79 Å². The number of benzene rings is 1. The molecule has 140 valence electrons. The van der Waals surface area contributed by atoms with Gasteiger partial charge >= 0.3 is 5.97 Å². The van der Waals surface area contributed by atoms with E-state index in [-0.39, 0.29) is 17.9 Å². The summed E-state index contributed by atoms with van der Waals surface area (Å²) in [5.41, 5.74) is 8.55. The van der Waals surface area contributed by atoms with Crippen molar-refractivity contribution in [2.45, 2.75) is 6.61 Å².